The van der Waals surface area contributed by atoms with Gasteiger partial charge in [-0.3, -0.25) is 9.59 Å². The van der Waals surface area contributed by atoms with Gasteiger partial charge in [0.15, 0.2) is 0 Å². The molecule has 1 unspecified atom stereocenters. The van der Waals surface area contributed by atoms with Crippen LogP contribution in [0.5, 0.6) is 0 Å². The fraction of sp³-hybridized carbons (Fsp3) is 0.538. The van der Waals surface area contributed by atoms with Gasteiger partial charge in [-0.2, -0.15) is 4.72 Å². The summed E-state index contributed by atoms with van der Waals surface area (Å²) in [5.41, 5.74) is 0. The Morgan fingerprint density at radius 2 is 1.91 bits per heavy atom. The van der Waals surface area contributed by atoms with Crippen molar-refractivity contribution < 1.29 is 27.5 Å². The average molecular weight is 384 g/mol. The Morgan fingerprint density at radius 1 is 1.26 bits per heavy atom. The van der Waals surface area contributed by atoms with Crippen molar-refractivity contribution in [2.24, 2.45) is 0 Å². The fourth-order valence-electron chi connectivity index (χ4n) is 1.65. The molecule has 10 heteroatoms. The van der Waals surface area contributed by atoms with Gasteiger partial charge in [-0.05, 0) is 32.4 Å². The highest BCUT2D eigenvalue weighted by molar-refractivity contribution is 7.91. The van der Waals surface area contributed by atoms with Crippen molar-refractivity contribution in [3.63, 3.8) is 0 Å². The van der Waals surface area contributed by atoms with Gasteiger partial charge in [0.1, 0.15) is 10.3 Å². The van der Waals surface area contributed by atoms with Gasteiger partial charge >= 0.3 is 11.9 Å². The molecule has 1 atom stereocenters. The highest BCUT2D eigenvalue weighted by Gasteiger charge is 2.28. The van der Waals surface area contributed by atoms with Gasteiger partial charge in [0.2, 0.25) is 0 Å². The van der Waals surface area contributed by atoms with Crippen LogP contribution < -0.4 is 4.72 Å². The zero-order chi connectivity index (χ0) is 17.5. The van der Waals surface area contributed by atoms with E-state index in [-0.39, 0.29) is 30.3 Å². The molecule has 0 fully saturated rings. The van der Waals surface area contributed by atoms with Crippen LogP contribution in [0.3, 0.4) is 0 Å². The van der Waals surface area contributed by atoms with Gasteiger partial charge < -0.3 is 9.47 Å². The van der Waals surface area contributed by atoms with Crippen LogP contribution in [0.2, 0.25) is 4.34 Å². The van der Waals surface area contributed by atoms with E-state index in [2.05, 4.69) is 4.72 Å². The molecule has 130 valence electrons. The van der Waals surface area contributed by atoms with Crippen LogP contribution >= 0.6 is 22.9 Å². The number of nitrogens with one attached hydrogen (secondary N) is 1. The van der Waals surface area contributed by atoms with Crippen molar-refractivity contribution in [2.75, 3.05) is 13.2 Å². The van der Waals surface area contributed by atoms with E-state index < -0.39 is 28.0 Å². The quantitative estimate of drug-likeness (QED) is 0.654. The molecule has 0 aliphatic heterocycles. The third-order valence-electron chi connectivity index (χ3n) is 2.62. The molecule has 1 aromatic heterocycles. The van der Waals surface area contributed by atoms with Gasteiger partial charge in [-0.25, -0.2) is 8.42 Å². The molecule has 0 amide bonds. The Morgan fingerprint density at radius 3 is 2.43 bits per heavy atom. The topological polar surface area (TPSA) is 98.8 Å². The lowest BCUT2D eigenvalue weighted by atomic mass is 10.2. The zero-order valence-electron chi connectivity index (χ0n) is 12.7. The summed E-state index contributed by atoms with van der Waals surface area (Å²) in [7, 11) is -3.93. The number of ether oxygens (including phenoxy) is 2. The van der Waals surface area contributed by atoms with Crippen molar-refractivity contribution in [2.45, 2.75) is 36.9 Å². The first kappa shape index (κ1) is 19.9. The second-order valence-corrected chi connectivity index (χ2v) is 7.98. The van der Waals surface area contributed by atoms with Crippen molar-refractivity contribution in [1.29, 1.82) is 0 Å². The summed E-state index contributed by atoms with van der Waals surface area (Å²) < 4.78 is 36.6. The maximum Gasteiger partial charge on any atom is 0.324 e. The van der Waals surface area contributed by atoms with Crippen LogP contribution in [-0.4, -0.2) is 39.6 Å². The van der Waals surface area contributed by atoms with Crippen molar-refractivity contribution in [3.8, 4) is 0 Å². The number of rotatable bonds is 9. The summed E-state index contributed by atoms with van der Waals surface area (Å²) >= 11 is 6.59. The molecule has 0 spiro atoms. The van der Waals surface area contributed by atoms with Crippen LogP contribution in [0.4, 0.5) is 0 Å². The summed E-state index contributed by atoms with van der Waals surface area (Å²) in [4.78, 5) is 23.3. The molecule has 1 aromatic rings. The van der Waals surface area contributed by atoms with Gasteiger partial charge in [0.25, 0.3) is 10.0 Å². The Kier molecular flexibility index (Phi) is 7.97. The molecule has 1 N–H and O–H groups in total. The smallest absolute Gasteiger partial charge is 0.324 e. The Hall–Kier alpha value is -1.16. The van der Waals surface area contributed by atoms with Gasteiger partial charge in [0, 0.05) is 6.42 Å². The van der Waals surface area contributed by atoms with E-state index in [1.54, 1.807) is 13.8 Å². The van der Waals surface area contributed by atoms with Crippen LogP contribution in [0, 0.1) is 0 Å². The number of carbonyl (C=O) groups is 2. The van der Waals surface area contributed by atoms with Crippen LogP contribution in [-0.2, 0) is 29.1 Å². The first-order valence-corrected chi connectivity index (χ1v) is 9.57. The molecule has 0 aliphatic carbocycles. The molecular formula is C13H18ClNO6S2. The lowest BCUT2D eigenvalue weighted by Crippen LogP contribution is -2.42. The minimum Gasteiger partial charge on any atom is -0.466 e. The molecule has 0 radical (unpaired) electrons. The third kappa shape index (κ3) is 6.46. The molecule has 1 heterocycles. The lowest BCUT2D eigenvalue weighted by molar-refractivity contribution is -0.146. The zero-order valence-corrected chi connectivity index (χ0v) is 15.1. The fourth-order valence-corrected chi connectivity index (χ4v) is 4.37. The van der Waals surface area contributed by atoms with Crippen molar-refractivity contribution in [3.05, 3.63) is 16.5 Å². The molecule has 23 heavy (non-hydrogen) atoms. The Bertz CT molecular complexity index is 643. The van der Waals surface area contributed by atoms with Crippen molar-refractivity contribution >= 4 is 44.9 Å². The normalized spacial score (nSPS) is 12.7. The van der Waals surface area contributed by atoms with E-state index in [0.29, 0.717) is 4.34 Å². The molecule has 0 aliphatic rings. The summed E-state index contributed by atoms with van der Waals surface area (Å²) in [6.45, 7) is 3.57. The van der Waals surface area contributed by atoms with E-state index in [0.717, 1.165) is 11.3 Å². The molecular weight excluding hydrogens is 366 g/mol. The molecule has 0 saturated carbocycles. The van der Waals surface area contributed by atoms with Gasteiger partial charge in [0.05, 0.1) is 17.6 Å². The van der Waals surface area contributed by atoms with Gasteiger partial charge in [-0.1, -0.05) is 11.6 Å². The second kappa shape index (κ2) is 9.21. The van der Waals surface area contributed by atoms with Crippen LogP contribution in [0.25, 0.3) is 0 Å². The average Bonchev–Trinajstić information content (AvgIpc) is 2.91. The standard InChI is InChI=1S/C13H18ClNO6S2/c1-3-20-11(16)7-5-9(13(17)21-4-2)15-23(18,19)12-8-6-10(14)22-12/h6,8-9,15H,3-5,7H2,1-2H3. The minimum absolute atomic E-state index is 0.0204. The van der Waals surface area contributed by atoms with E-state index in [1.165, 1.54) is 12.1 Å². The first-order valence-electron chi connectivity index (χ1n) is 6.90. The number of hydrogen-bond acceptors (Lipinski definition) is 7. The van der Waals surface area contributed by atoms with E-state index in [9.17, 15) is 18.0 Å². The minimum atomic E-state index is -3.93. The number of hydrogen-bond donors (Lipinski definition) is 1. The molecule has 0 bridgehead atoms. The van der Waals surface area contributed by atoms with E-state index in [1.807, 2.05) is 0 Å². The van der Waals surface area contributed by atoms with Gasteiger partial charge in [-0.15, -0.1) is 11.3 Å². The number of esters is 2. The monoisotopic (exact) mass is 383 g/mol. The number of carbonyl (C=O) groups excluding carboxylic acids is 2. The lowest BCUT2D eigenvalue weighted by Gasteiger charge is -2.16. The van der Waals surface area contributed by atoms with E-state index in [4.69, 9.17) is 21.1 Å². The maximum atomic E-state index is 12.3. The van der Waals surface area contributed by atoms with Crippen LogP contribution in [0.1, 0.15) is 26.7 Å². The predicted molar refractivity (Wildman–Crippen MR) is 85.9 cm³/mol. The summed E-state index contributed by atoms with van der Waals surface area (Å²) in [6.07, 6.45) is -0.166. The Balaban J connectivity index is 2.83. The summed E-state index contributed by atoms with van der Waals surface area (Å²) in [5, 5.41) is 0. The molecule has 1 rings (SSSR count). The Labute approximate surface area is 144 Å². The molecule has 0 saturated heterocycles. The largest absolute Gasteiger partial charge is 0.466 e. The highest BCUT2D eigenvalue weighted by Crippen LogP contribution is 2.25. The second-order valence-electron chi connectivity index (χ2n) is 4.33. The van der Waals surface area contributed by atoms with E-state index >= 15 is 0 Å². The van der Waals surface area contributed by atoms with Crippen LogP contribution in [0.15, 0.2) is 16.3 Å². The number of sulfonamides is 1. The first-order chi connectivity index (χ1) is 10.8. The molecule has 7 nitrogen and oxygen atoms in total. The summed E-state index contributed by atoms with van der Waals surface area (Å²) in [5.74, 6) is -1.26. The summed E-state index contributed by atoms with van der Waals surface area (Å²) in [6, 6.07) is 1.60. The molecule has 0 aromatic carbocycles. The number of halogens is 1. The third-order valence-corrected chi connectivity index (χ3v) is 5.82. The predicted octanol–water partition coefficient (Wildman–Crippen LogP) is 1.95. The number of thiophene rings is 1. The highest BCUT2D eigenvalue weighted by atomic mass is 35.5. The van der Waals surface area contributed by atoms with Crippen molar-refractivity contribution in [1.82, 2.24) is 4.72 Å². The maximum absolute atomic E-state index is 12.3. The SMILES string of the molecule is CCOC(=O)CCC(NS(=O)(=O)c1ccc(Cl)s1)C(=O)OCC.